The van der Waals surface area contributed by atoms with Crippen molar-refractivity contribution in [1.82, 2.24) is 4.98 Å². The van der Waals surface area contributed by atoms with Crippen LogP contribution in [0.4, 0.5) is 5.69 Å². The third-order valence-corrected chi connectivity index (χ3v) is 5.70. The molecule has 1 aromatic heterocycles. The molecule has 1 N–H and O–H groups in total. The number of rotatable bonds is 6. The van der Waals surface area contributed by atoms with Crippen molar-refractivity contribution in [3.63, 3.8) is 0 Å². The van der Waals surface area contributed by atoms with E-state index in [0.717, 1.165) is 5.56 Å². The van der Waals surface area contributed by atoms with Gasteiger partial charge in [-0.3, -0.25) is 9.71 Å². The van der Waals surface area contributed by atoms with E-state index in [4.69, 9.17) is 14.2 Å². The summed E-state index contributed by atoms with van der Waals surface area (Å²) in [6.45, 7) is 0.0948. The van der Waals surface area contributed by atoms with Gasteiger partial charge in [-0.2, -0.15) is 0 Å². The number of ether oxygens (including phenoxy) is 3. The zero-order valence-corrected chi connectivity index (χ0v) is 16.3. The van der Waals surface area contributed by atoms with Crippen molar-refractivity contribution >= 4 is 27.9 Å². The quantitative estimate of drug-likeness (QED) is 0.665. The first-order chi connectivity index (χ1) is 14.0. The van der Waals surface area contributed by atoms with E-state index in [1.165, 1.54) is 19.2 Å². The van der Waals surface area contributed by atoms with Crippen LogP contribution in [0.15, 0.2) is 65.8 Å². The highest BCUT2D eigenvalue weighted by molar-refractivity contribution is 7.92. The molecule has 0 radical (unpaired) electrons. The van der Waals surface area contributed by atoms with Crippen LogP contribution >= 0.6 is 0 Å². The van der Waals surface area contributed by atoms with Crippen LogP contribution in [0, 0.1) is 0 Å². The third kappa shape index (κ3) is 4.17. The molecule has 0 atom stereocenters. The van der Waals surface area contributed by atoms with E-state index in [1.807, 2.05) is 24.3 Å². The molecule has 0 saturated heterocycles. The standard InChI is InChI=1S/C21H18N2O5S/c1-26-17-4-6-18(7-5-17)29(24,25)23-19-13-21-20(27-14-28-21)12-16(19)3-2-15-8-10-22-11-9-15/h2-13,23H,14H2,1H3/b3-2+. The van der Waals surface area contributed by atoms with Gasteiger partial charge in [-0.05, 0) is 48.0 Å². The highest BCUT2D eigenvalue weighted by Gasteiger charge is 2.21. The average molecular weight is 410 g/mol. The monoisotopic (exact) mass is 410 g/mol. The molecule has 148 valence electrons. The molecule has 8 heteroatoms. The van der Waals surface area contributed by atoms with E-state index in [9.17, 15) is 8.42 Å². The number of nitrogens with zero attached hydrogens (tertiary/aromatic N) is 1. The maximum absolute atomic E-state index is 12.9. The van der Waals surface area contributed by atoms with Crippen LogP contribution in [0.25, 0.3) is 12.2 Å². The summed E-state index contributed by atoms with van der Waals surface area (Å²) in [6.07, 6.45) is 7.05. The molecule has 0 bridgehead atoms. The summed E-state index contributed by atoms with van der Waals surface area (Å²) >= 11 is 0. The minimum atomic E-state index is -3.81. The van der Waals surface area contributed by atoms with Crippen LogP contribution in [0.5, 0.6) is 17.2 Å². The number of nitrogens with one attached hydrogen (secondary N) is 1. The zero-order valence-electron chi connectivity index (χ0n) is 15.5. The van der Waals surface area contributed by atoms with Gasteiger partial charge < -0.3 is 14.2 Å². The maximum atomic E-state index is 12.9. The fourth-order valence-corrected chi connectivity index (χ4v) is 3.88. The molecule has 4 rings (SSSR count). The Morgan fingerprint density at radius 1 is 1.00 bits per heavy atom. The zero-order chi connectivity index (χ0) is 20.3. The van der Waals surface area contributed by atoms with Crippen molar-refractivity contribution in [2.45, 2.75) is 4.90 Å². The first-order valence-electron chi connectivity index (χ1n) is 8.74. The molecule has 0 amide bonds. The maximum Gasteiger partial charge on any atom is 0.261 e. The number of methoxy groups -OCH3 is 1. The molecule has 0 aliphatic carbocycles. The predicted molar refractivity (Wildman–Crippen MR) is 110 cm³/mol. The lowest BCUT2D eigenvalue weighted by Crippen LogP contribution is -2.13. The van der Waals surface area contributed by atoms with Crippen molar-refractivity contribution in [3.8, 4) is 17.2 Å². The normalized spacial score (nSPS) is 12.9. The summed E-state index contributed by atoms with van der Waals surface area (Å²) in [5.41, 5.74) is 1.96. The molecule has 0 spiro atoms. The van der Waals surface area contributed by atoms with Gasteiger partial charge in [-0.25, -0.2) is 8.42 Å². The van der Waals surface area contributed by atoms with Crippen LogP contribution < -0.4 is 18.9 Å². The van der Waals surface area contributed by atoms with Gasteiger partial charge in [-0.1, -0.05) is 12.2 Å². The van der Waals surface area contributed by atoms with Crippen LogP contribution in [0.1, 0.15) is 11.1 Å². The smallest absolute Gasteiger partial charge is 0.261 e. The molecule has 0 unspecified atom stereocenters. The van der Waals surface area contributed by atoms with Gasteiger partial charge in [0.15, 0.2) is 11.5 Å². The van der Waals surface area contributed by atoms with Gasteiger partial charge in [0.1, 0.15) is 5.75 Å². The molecule has 1 aliphatic heterocycles. The Hall–Kier alpha value is -3.52. The molecule has 2 heterocycles. The lowest BCUT2D eigenvalue weighted by molar-refractivity contribution is 0.174. The minimum absolute atomic E-state index is 0.0948. The van der Waals surface area contributed by atoms with E-state index in [1.54, 1.807) is 36.7 Å². The number of pyridine rings is 1. The van der Waals surface area contributed by atoms with Crippen molar-refractivity contribution in [2.24, 2.45) is 0 Å². The van der Waals surface area contributed by atoms with Crippen molar-refractivity contribution in [3.05, 3.63) is 72.1 Å². The fraction of sp³-hybridized carbons (Fsp3) is 0.0952. The molecule has 3 aromatic rings. The fourth-order valence-electron chi connectivity index (χ4n) is 2.80. The van der Waals surface area contributed by atoms with Crippen molar-refractivity contribution in [2.75, 3.05) is 18.6 Å². The van der Waals surface area contributed by atoms with Crippen LogP contribution in [-0.2, 0) is 10.0 Å². The lowest BCUT2D eigenvalue weighted by Gasteiger charge is -2.12. The summed E-state index contributed by atoms with van der Waals surface area (Å²) in [4.78, 5) is 4.11. The van der Waals surface area contributed by atoms with Gasteiger partial charge >= 0.3 is 0 Å². The Kier molecular flexibility index (Phi) is 5.09. The minimum Gasteiger partial charge on any atom is -0.497 e. The van der Waals surface area contributed by atoms with E-state index in [-0.39, 0.29) is 11.7 Å². The molecule has 2 aromatic carbocycles. The first-order valence-corrected chi connectivity index (χ1v) is 10.2. The number of sulfonamides is 1. The van der Waals surface area contributed by atoms with E-state index < -0.39 is 10.0 Å². The van der Waals surface area contributed by atoms with Gasteiger partial charge in [-0.15, -0.1) is 0 Å². The first kappa shape index (κ1) is 18.8. The molecule has 29 heavy (non-hydrogen) atoms. The second-order valence-electron chi connectivity index (χ2n) is 6.19. The van der Waals surface area contributed by atoms with Crippen molar-refractivity contribution in [1.29, 1.82) is 0 Å². The van der Waals surface area contributed by atoms with Crippen molar-refractivity contribution < 1.29 is 22.6 Å². The molecule has 1 aliphatic rings. The van der Waals surface area contributed by atoms with Crippen LogP contribution in [0.2, 0.25) is 0 Å². The van der Waals surface area contributed by atoms with E-state index in [0.29, 0.717) is 28.5 Å². The van der Waals surface area contributed by atoms with Gasteiger partial charge in [0, 0.05) is 24.0 Å². The van der Waals surface area contributed by atoms with Crippen LogP contribution in [0.3, 0.4) is 0 Å². The molecular formula is C21H18N2O5S. The summed E-state index contributed by atoms with van der Waals surface area (Å²) < 4.78 is 44.3. The summed E-state index contributed by atoms with van der Waals surface area (Å²) in [5.74, 6) is 1.62. The van der Waals surface area contributed by atoms with Gasteiger partial charge in [0.05, 0.1) is 17.7 Å². The lowest BCUT2D eigenvalue weighted by atomic mass is 10.1. The van der Waals surface area contributed by atoms with Gasteiger partial charge in [0.25, 0.3) is 10.0 Å². The van der Waals surface area contributed by atoms with Crippen LogP contribution in [-0.4, -0.2) is 27.3 Å². The van der Waals surface area contributed by atoms with E-state index in [2.05, 4.69) is 9.71 Å². The summed E-state index contributed by atoms with van der Waals surface area (Å²) in [6, 6.07) is 13.2. The number of anilines is 1. The number of aromatic nitrogens is 1. The van der Waals surface area contributed by atoms with E-state index >= 15 is 0 Å². The number of benzene rings is 2. The second-order valence-corrected chi connectivity index (χ2v) is 7.87. The predicted octanol–water partition coefficient (Wildman–Crippen LogP) is 3.79. The number of hydrogen-bond donors (Lipinski definition) is 1. The Labute approximate surface area is 168 Å². The second kappa shape index (κ2) is 7.84. The molecule has 7 nitrogen and oxygen atoms in total. The molecule has 0 saturated carbocycles. The summed E-state index contributed by atoms with van der Waals surface area (Å²) in [5, 5.41) is 0. The topological polar surface area (TPSA) is 86.8 Å². The average Bonchev–Trinajstić information content (AvgIpc) is 3.20. The third-order valence-electron chi connectivity index (χ3n) is 4.32. The Morgan fingerprint density at radius 3 is 2.38 bits per heavy atom. The molecular weight excluding hydrogens is 392 g/mol. The Bertz CT molecular complexity index is 1140. The number of hydrogen-bond acceptors (Lipinski definition) is 6. The Balaban J connectivity index is 1.69. The Morgan fingerprint density at radius 2 is 1.69 bits per heavy atom. The molecule has 0 fully saturated rings. The summed E-state index contributed by atoms with van der Waals surface area (Å²) in [7, 11) is -2.28. The largest absolute Gasteiger partial charge is 0.497 e. The van der Waals surface area contributed by atoms with Gasteiger partial charge in [0.2, 0.25) is 6.79 Å². The SMILES string of the molecule is COc1ccc(S(=O)(=O)Nc2cc3c(cc2/C=C/c2ccncc2)OCO3)cc1. The number of fused-ring (bicyclic) bond motifs is 1. The highest BCUT2D eigenvalue weighted by atomic mass is 32.2. The highest BCUT2D eigenvalue weighted by Crippen LogP contribution is 2.38.